The van der Waals surface area contributed by atoms with E-state index in [1.165, 1.54) is 0 Å². The van der Waals surface area contributed by atoms with Gasteiger partial charge in [0.2, 0.25) is 0 Å². The number of hydroxylamine groups is 1. The van der Waals surface area contributed by atoms with E-state index in [4.69, 9.17) is 9.94 Å². The number of carbonyl (C=O) groups is 1. The molecule has 0 aliphatic heterocycles. The molecule has 0 spiro atoms. The van der Waals surface area contributed by atoms with E-state index in [1.54, 1.807) is 19.1 Å². The van der Waals surface area contributed by atoms with Gasteiger partial charge in [-0.2, -0.15) is 0 Å². The van der Waals surface area contributed by atoms with E-state index in [-0.39, 0.29) is 17.9 Å². The summed E-state index contributed by atoms with van der Waals surface area (Å²) in [5.41, 5.74) is 2.81. The molecule has 26 heavy (non-hydrogen) atoms. The van der Waals surface area contributed by atoms with Crippen LogP contribution in [0.25, 0.3) is 0 Å². The summed E-state index contributed by atoms with van der Waals surface area (Å²) in [6.45, 7) is 0.895. The molecule has 0 aromatic heterocycles. The maximum Gasteiger partial charge on any atom is 0.277 e. The van der Waals surface area contributed by atoms with Crippen LogP contribution in [0.5, 0.6) is 0 Å². The Labute approximate surface area is 162 Å². The lowest BCUT2D eigenvalue weighted by molar-refractivity contribution is -0.0295. The number of anilines is 2. The summed E-state index contributed by atoms with van der Waals surface area (Å²) in [6, 6.07) is 7.27. The third kappa shape index (κ3) is 5.10. The molecule has 0 aliphatic carbocycles. The summed E-state index contributed by atoms with van der Waals surface area (Å²) < 4.78 is 28.9. The van der Waals surface area contributed by atoms with Crippen LogP contribution in [-0.2, 0) is 4.84 Å². The average molecular weight is 478 g/mol. The lowest BCUT2D eigenvalue weighted by Crippen LogP contribution is -2.30. The van der Waals surface area contributed by atoms with Crippen LogP contribution in [0, 0.1) is 22.1 Å². The van der Waals surface area contributed by atoms with Crippen molar-refractivity contribution in [3.63, 3.8) is 0 Å². The fourth-order valence-corrected chi connectivity index (χ4v) is 2.72. The minimum atomic E-state index is -1.20. The van der Waals surface area contributed by atoms with E-state index in [1.807, 2.05) is 11.5 Å². The predicted octanol–water partition coefficient (Wildman–Crippen LogP) is 2.64. The molecule has 2 rings (SSSR count). The highest BCUT2D eigenvalue weighted by atomic mass is 127. The second-order valence-electron chi connectivity index (χ2n) is 5.45. The number of benzene rings is 2. The maximum absolute atomic E-state index is 14.3. The van der Waals surface area contributed by atoms with Crippen molar-refractivity contribution in [2.75, 3.05) is 18.5 Å². The van der Waals surface area contributed by atoms with Crippen LogP contribution in [0.3, 0.4) is 0 Å². The van der Waals surface area contributed by atoms with Crippen LogP contribution in [0.2, 0.25) is 0 Å². The van der Waals surface area contributed by atoms with E-state index >= 15 is 0 Å². The molecule has 9 heteroatoms. The van der Waals surface area contributed by atoms with E-state index < -0.39 is 30.3 Å². The Morgan fingerprint density at radius 3 is 2.69 bits per heavy atom. The molecule has 2 aromatic carbocycles. The predicted molar refractivity (Wildman–Crippen MR) is 100 cm³/mol. The van der Waals surface area contributed by atoms with Crippen molar-refractivity contribution in [1.82, 2.24) is 5.48 Å². The van der Waals surface area contributed by atoms with Gasteiger partial charge >= 0.3 is 0 Å². The molecule has 4 N–H and O–H groups in total. The van der Waals surface area contributed by atoms with Crippen molar-refractivity contribution in [2.24, 2.45) is 0 Å². The summed E-state index contributed by atoms with van der Waals surface area (Å²) in [5.74, 6) is -3.14. The SMILES string of the molecule is Cc1cc(I)ccc1Nc1c(C(=O)NOCC(O)CO)ccc(F)c1F. The molecule has 0 aliphatic rings. The Hall–Kier alpha value is -1.82. The number of aliphatic hydroxyl groups excluding tert-OH is 2. The maximum atomic E-state index is 14.3. The Balaban J connectivity index is 2.27. The van der Waals surface area contributed by atoms with Crippen molar-refractivity contribution < 1.29 is 28.6 Å². The first kappa shape index (κ1) is 20.5. The molecule has 0 bridgehead atoms. The minimum Gasteiger partial charge on any atom is -0.394 e. The first-order chi connectivity index (χ1) is 12.3. The quantitative estimate of drug-likeness (QED) is 0.363. The van der Waals surface area contributed by atoms with Crippen LogP contribution < -0.4 is 10.8 Å². The minimum absolute atomic E-state index is 0.180. The molecule has 1 atom stereocenters. The number of amides is 1. The summed E-state index contributed by atoms with van der Waals surface area (Å²) in [6.07, 6.45) is -1.17. The number of aryl methyl sites for hydroxylation is 1. The lowest BCUT2D eigenvalue weighted by Gasteiger charge is -2.16. The zero-order chi connectivity index (χ0) is 19.3. The zero-order valence-electron chi connectivity index (χ0n) is 13.7. The third-order valence-corrected chi connectivity index (χ3v) is 4.11. The number of carbonyl (C=O) groups excluding carboxylic acids is 1. The van der Waals surface area contributed by atoms with Crippen molar-refractivity contribution >= 4 is 39.9 Å². The normalized spacial score (nSPS) is 11.9. The highest BCUT2D eigenvalue weighted by Gasteiger charge is 2.20. The molecule has 1 unspecified atom stereocenters. The van der Waals surface area contributed by atoms with Crippen LogP contribution >= 0.6 is 22.6 Å². The fourth-order valence-electron chi connectivity index (χ4n) is 2.08. The Kier molecular flexibility index (Phi) is 7.26. The van der Waals surface area contributed by atoms with Gasteiger partial charge in [-0.1, -0.05) is 0 Å². The van der Waals surface area contributed by atoms with Gasteiger partial charge in [0.15, 0.2) is 11.6 Å². The molecule has 6 nitrogen and oxygen atoms in total. The highest BCUT2D eigenvalue weighted by Crippen LogP contribution is 2.28. The first-order valence-electron chi connectivity index (χ1n) is 7.55. The van der Waals surface area contributed by atoms with E-state index in [0.29, 0.717) is 5.69 Å². The van der Waals surface area contributed by atoms with Crippen molar-refractivity contribution in [2.45, 2.75) is 13.0 Å². The average Bonchev–Trinajstić information content (AvgIpc) is 2.60. The van der Waals surface area contributed by atoms with Gasteiger partial charge in [-0.25, -0.2) is 14.3 Å². The molecule has 0 heterocycles. The second kappa shape index (κ2) is 9.21. The van der Waals surface area contributed by atoms with Crippen LogP contribution in [-0.4, -0.2) is 35.4 Å². The van der Waals surface area contributed by atoms with Crippen molar-refractivity contribution in [3.8, 4) is 0 Å². The van der Waals surface area contributed by atoms with Crippen molar-refractivity contribution in [1.29, 1.82) is 0 Å². The zero-order valence-corrected chi connectivity index (χ0v) is 15.9. The third-order valence-electron chi connectivity index (χ3n) is 3.44. The van der Waals surface area contributed by atoms with Gasteiger partial charge in [-0.05, 0) is 65.4 Å². The Morgan fingerprint density at radius 2 is 2.04 bits per heavy atom. The summed E-state index contributed by atoms with van der Waals surface area (Å²) in [4.78, 5) is 17.0. The van der Waals surface area contributed by atoms with Crippen LogP contribution in [0.4, 0.5) is 20.2 Å². The monoisotopic (exact) mass is 478 g/mol. The van der Waals surface area contributed by atoms with Gasteiger partial charge < -0.3 is 15.5 Å². The Bertz CT molecular complexity index is 805. The second-order valence-corrected chi connectivity index (χ2v) is 6.69. The number of halogens is 3. The highest BCUT2D eigenvalue weighted by molar-refractivity contribution is 14.1. The van der Waals surface area contributed by atoms with Crippen LogP contribution in [0.15, 0.2) is 30.3 Å². The van der Waals surface area contributed by atoms with Gasteiger partial charge in [0.1, 0.15) is 12.7 Å². The van der Waals surface area contributed by atoms with Gasteiger partial charge in [-0.3, -0.25) is 9.63 Å². The van der Waals surface area contributed by atoms with Gasteiger partial charge in [0, 0.05) is 9.26 Å². The van der Waals surface area contributed by atoms with Gasteiger partial charge in [-0.15, -0.1) is 0 Å². The molecular formula is C17H17F2IN2O4. The number of nitrogens with one attached hydrogen (secondary N) is 2. The van der Waals surface area contributed by atoms with Crippen LogP contribution in [0.1, 0.15) is 15.9 Å². The molecule has 0 radical (unpaired) electrons. The largest absolute Gasteiger partial charge is 0.394 e. The van der Waals surface area contributed by atoms with E-state index in [9.17, 15) is 18.7 Å². The number of hydrogen-bond donors (Lipinski definition) is 4. The summed E-state index contributed by atoms with van der Waals surface area (Å²) in [5, 5.41) is 20.6. The molecular weight excluding hydrogens is 461 g/mol. The number of rotatable bonds is 7. The molecule has 1 amide bonds. The first-order valence-corrected chi connectivity index (χ1v) is 8.63. The standard InChI is InChI=1S/C17H17F2IN2O4/c1-9-6-10(20)2-5-14(9)21-16-12(3-4-13(18)15(16)19)17(25)22-26-8-11(24)7-23/h2-6,11,21,23-24H,7-8H2,1H3,(H,22,25). The van der Waals surface area contributed by atoms with Gasteiger partial charge in [0.05, 0.1) is 17.9 Å². The van der Waals surface area contributed by atoms with E-state index in [0.717, 1.165) is 21.3 Å². The summed E-state index contributed by atoms with van der Waals surface area (Å²) in [7, 11) is 0. The topological polar surface area (TPSA) is 90.8 Å². The van der Waals surface area contributed by atoms with E-state index in [2.05, 4.69) is 27.9 Å². The Morgan fingerprint density at radius 1 is 1.31 bits per heavy atom. The summed E-state index contributed by atoms with van der Waals surface area (Å²) >= 11 is 2.13. The molecule has 0 saturated heterocycles. The fraction of sp³-hybridized carbons (Fsp3) is 0.235. The molecule has 2 aromatic rings. The number of hydrogen-bond acceptors (Lipinski definition) is 5. The molecule has 0 fully saturated rings. The molecule has 0 saturated carbocycles. The van der Waals surface area contributed by atoms with Crippen molar-refractivity contribution in [3.05, 3.63) is 56.7 Å². The smallest absolute Gasteiger partial charge is 0.277 e. The van der Waals surface area contributed by atoms with Gasteiger partial charge in [0.25, 0.3) is 5.91 Å². The lowest BCUT2D eigenvalue weighted by atomic mass is 10.1. The molecule has 140 valence electrons. The number of aliphatic hydroxyl groups is 2.